The van der Waals surface area contributed by atoms with E-state index < -0.39 is 11.3 Å². The molecule has 2 saturated heterocycles. The predicted octanol–water partition coefficient (Wildman–Crippen LogP) is 2.26. The van der Waals surface area contributed by atoms with Gasteiger partial charge >= 0.3 is 6.09 Å². The van der Waals surface area contributed by atoms with Gasteiger partial charge in [-0.15, -0.1) is 0 Å². The molecule has 0 aromatic carbocycles. The Bertz CT molecular complexity index is 293. The number of carbonyl (C=O) groups is 1. The van der Waals surface area contributed by atoms with E-state index in [-0.39, 0.29) is 12.1 Å². The zero-order valence-electron chi connectivity index (χ0n) is 10.3. The van der Waals surface area contributed by atoms with E-state index in [2.05, 4.69) is 0 Å². The topological polar surface area (TPSA) is 49.8 Å². The highest BCUT2D eigenvalue weighted by atomic mass is 16.6. The van der Waals surface area contributed by atoms with Gasteiger partial charge in [-0.1, -0.05) is 0 Å². The number of piperidine rings is 1. The normalized spacial score (nSPS) is 34.0. The number of amides is 1. The van der Waals surface area contributed by atoms with Crippen molar-refractivity contribution in [3.8, 4) is 0 Å². The SMILES string of the molecule is CC(C)(C)OC(=O)N1C2CCCC1(O)CC2. The summed E-state index contributed by atoms with van der Waals surface area (Å²) in [6.45, 7) is 5.54. The molecule has 2 aliphatic rings. The monoisotopic (exact) mass is 227 g/mol. The van der Waals surface area contributed by atoms with Crippen molar-refractivity contribution in [1.82, 2.24) is 4.90 Å². The van der Waals surface area contributed by atoms with Crippen LogP contribution in [0.2, 0.25) is 0 Å². The molecule has 2 fully saturated rings. The summed E-state index contributed by atoms with van der Waals surface area (Å²) in [4.78, 5) is 13.6. The molecule has 0 aromatic heterocycles. The number of aliphatic hydroxyl groups is 1. The van der Waals surface area contributed by atoms with Gasteiger partial charge in [0.05, 0.1) is 0 Å². The third kappa shape index (κ3) is 2.03. The minimum Gasteiger partial charge on any atom is -0.444 e. The van der Waals surface area contributed by atoms with E-state index in [4.69, 9.17) is 4.74 Å². The van der Waals surface area contributed by atoms with Crippen molar-refractivity contribution in [3.05, 3.63) is 0 Å². The van der Waals surface area contributed by atoms with Gasteiger partial charge in [0.15, 0.2) is 0 Å². The third-order valence-electron chi connectivity index (χ3n) is 3.40. The zero-order valence-corrected chi connectivity index (χ0v) is 10.3. The largest absolute Gasteiger partial charge is 0.444 e. The number of carbonyl (C=O) groups excluding carboxylic acids is 1. The van der Waals surface area contributed by atoms with E-state index in [1.807, 2.05) is 20.8 Å². The van der Waals surface area contributed by atoms with Gasteiger partial charge < -0.3 is 9.84 Å². The molecule has 2 unspecified atom stereocenters. The number of ether oxygens (including phenoxy) is 1. The average Bonchev–Trinajstić information content (AvgIpc) is 2.30. The second-order valence-corrected chi connectivity index (χ2v) is 5.92. The van der Waals surface area contributed by atoms with E-state index in [0.717, 1.165) is 19.3 Å². The fourth-order valence-corrected chi connectivity index (χ4v) is 2.76. The van der Waals surface area contributed by atoms with Crippen LogP contribution in [-0.4, -0.2) is 33.5 Å². The van der Waals surface area contributed by atoms with Crippen molar-refractivity contribution in [3.63, 3.8) is 0 Å². The first-order chi connectivity index (χ1) is 7.32. The summed E-state index contributed by atoms with van der Waals surface area (Å²) < 4.78 is 5.35. The van der Waals surface area contributed by atoms with Gasteiger partial charge in [0, 0.05) is 6.04 Å². The lowest BCUT2D eigenvalue weighted by atomic mass is 10.0. The highest BCUT2D eigenvalue weighted by Gasteiger charge is 2.51. The maximum Gasteiger partial charge on any atom is 0.412 e. The lowest BCUT2D eigenvalue weighted by molar-refractivity contribution is -0.114. The Hall–Kier alpha value is -0.770. The van der Waals surface area contributed by atoms with Crippen molar-refractivity contribution in [2.24, 2.45) is 0 Å². The summed E-state index contributed by atoms with van der Waals surface area (Å²) in [5.41, 5.74) is -1.43. The van der Waals surface area contributed by atoms with E-state index in [1.165, 1.54) is 0 Å². The molecule has 2 atom stereocenters. The average molecular weight is 227 g/mol. The van der Waals surface area contributed by atoms with Crippen LogP contribution < -0.4 is 0 Å². The second-order valence-electron chi connectivity index (χ2n) is 5.92. The predicted molar refractivity (Wildman–Crippen MR) is 59.9 cm³/mol. The van der Waals surface area contributed by atoms with Gasteiger partial charge in [-0.3, -0.25) is 4.90 Å². The Morgan fingerprint density at radius 2 is 2.06 bits per heavy atom. The summed E-state index contributed by atoms with van der Waals surface area (Å²) in [5, 5.41) is 10.4. The molecule has 0 aromatic rings. The van der Waals surface area contributed by atoms with Gasteiger partial charge in [0.1, 0.15) is 11.3 Å². The Balaban J connectivity index is 2.12. The molecule has 2 heterocycles. The molecule has 0 radical (unpaired) electrons. The van der Waals surface area contributed by atoms with E-state index >= 15 is 0 Å². The molecule has 4 heteroatoms. The van der Waals surface area contributed by atoms with Crippen LogP contribution in [-0.2, 0) is 4.74 Å². The van der Waals surface area contributed by atoms with Crippen LogP contribution in [0.25, 0.3) is 0 Å². The lowest BCUT2D eigenvalue weighted by Gasteiger charge is -2.41. The summed E-state index contributed by atoms with van der Waals surface area (Å²) in [6.07, 6.45) is 3.90. The minimum absolute atomic E-state index is 0.175. The van der Waals surface area contributed by atoms with E-state index in [9.17, 15) is 9.90 Å². The van der Waals surface area contributed by atoms with Crippen LogP contribution in [0.1, 0.15) is 52.9 Å². The lowest BCUT2D eigenvalue weighted by Crippen LogP contribution is -2.54. The van der Waals surface area contributed by atoms with Crippen LogP contribution in [0, 0.1) is 0 Å². The first-order valence-corrected chi connectivity index (χ1v) is 6.06. The van der Waals surface area contributed by atoms with Gasteiger partial charge in [0.25, 0.3) is 0 Å². The van der Waals surface area contributed by atoms with Crippen molar-refractivity contribution in [2.75, 3.05) is 0 Å². The number of hydrogen-bond donors (Lipinski definition) is 1. The minimum atomic E-state index is -0.939. The molecule has 4 nitrogen and oxygen atoms in total. The quantitative estimate of drug-likeness (QED) is 0.690. The summed E-state index contributed by atoms with van der Waals surface area (Å²) >= 11 is 0. The van der Waals surface area contributed by atoms with Crippen molar-refractivity contribution in [1.29, 1.82) is 0 Å². The van der Waals surface area contributed by atoms with Crippen LogP contribution in [0.5, 0.6) is 0 Å². The smallest absolute Gasteiger partial charge is 0.412 e. The summed E-state index contributed by atoms with van der Waals surface area (Å²) in [7, 11) is 0. The van der Waals surface area contributed by atoms with Crippen molar-refractivity contribution >= 4 is 6.09 Å². The van der Waals surface area contributed by atoms with Crippen molar-refractivity contribution < 1.29 is 14.6 Å². The Morgan fingerprint density at radius 3 is 2.62 bits per heavy atom. The maximum absolute atomic E-state index is 12.0. The number of nitrogens with zero attached hydrogens (tertiary/aromatic N) is 1. The molecule has 0 spiro atoms. The van der Waals surface area contributed by atoms with Crippen LogP contribution in [0.15, 0.2) is 0 Å². The molecule has 92 valence electrons. The number of rotatable bonds is 0. The second kappa shape index (κ2) is 3.62. The molecule has 2 rings (SSSR count). The maximum atomic E-state index is 12.0. The van der Waals surface area contributed by atoms with Crippen LogP contribution >= 0.6 is 0 Å². The van der Waals surface area contributed by atoms with E-state index in [0.29, 0.717) is 12.8 Å². The van der Waals surface area contributed by atoms with Crippen LogP contribution in [0.4, 0.5) is 4.79 Å². The molecule has 0 saturated carbocycles. The standard InChI is InChI=1S/C12H21NO3/c1-11(2,3)16-10(14)13-9-5-4-7-12(13,15)8-6-9/h9,15H,4-8H2,1-3H3. The molecule has 16 heavy (non-hydrogen) atoms. The summed E-state index contributed by atoms with van der Waals surface area (Å²) in [5.74, 6) is 0. The molecule has 1 N–H and O–H groups in total. The molecule has 1 amide bonds. The van der Waals surface area contributed by atoms with Gasteiger partial charge in [0.2, 0.25) is 0 Å². The Kier molecular flexibility index (Phi) is 2.65. The Labute approximate surface area is 96.6 Å². The molecular formula is C12H21NO3. The van der Waals surface area contributed by atoms with E-state index in [1.54, 1.807) is 4.90 Å². The molecular weight excluding hydrogens is 206 g/mol. The molecule has 2 aliphatic heterocycles. The number of hydrogen-bond acceptors (Lipinski definition) is 3. The number of fused-ring (bicyclic) bond motifs is 2. The molecule has 0 aliphatic carbocycles. The van der Waals surface area contributed by atoms with Crippen LogP contribution in [0.3, 0.4) is 0 Å². The fraction of sp³-hybridized carbons (Fsp3) is 0.917. The van der Waals surface area contributed by atoms with Gasteiger partial charge in [-0.25, -0.2) is 4.79 Å². The first-order valence-electron chi connectivity index (χ1n) is 6.06. The summed E-state index contributed by atoms with van der Waals surface area (Å²) in [6, 6.07) is 0.175. The Morgan fingerprint density at radius 1 is 1.38 bits per heavy atom. The zero-order chi connectivity index (χ0) is 12.0. The highest BCUT2D eigenvalue weighted by molar-refractivity contribution is 5.70. The first kappa shape index (κ1) is 11.7. The fourth-order valence-electron chi connectivity index (χ4n) is 2.76. The van der Waals surface area contributed by atoms with Gasteiger partial charge in [-0.05, 0) is 52.9 Å². The third-order valence-corrected chi connectivity index (χ3v) is 3.40. The van der Waals surface area contributed by atoms with Gasteiger partial charge in [-0.2, -0.15) is 0 Å². The highest BCUT2D eigenvalue weighted by Crippen LogP contribution is 2.42. The van der Waals surface area contributed by atoms with Crippen molar-refractivity contribution in [2.45, 2.75) is 70.2 Å². The molecule has 2 bridgehead atoms.